The molecule has 41 heavy (non-hydrogen) atoms. The van der Waals surface area contributed by atoms with Gasteiger partial charge in [0.25, 0.3) is 25.9 Å². The number of phenols is 1. The molecule has 0 aliphatic carbocycles. The number of nitrogens with zero attached hydrogens (tertiary/aromatic N) is 5. The second-order valence-electron chi connectivity index (χ2n) is 7.77. The van der Waals surface area contributed by atoms with E-state index in [0.717, 1.165) is 18.2 Å². The SMILES string of the molecule is Nc1c(/N=N/c2cccc([N+](=O)[O-])c2)c(S(=O)(=O)O)cc2cc(S(=O)(=O)O)c(/N=N/c3ccccc3)c(O)c12.[NaH].[NaH]. The molecule has 5 N–H and O–H groups in total. The van der Waals surface area contributed by atoms with E-state index in [9.17, 15) is 41.2 Å². The van der Waals surface area contributed by atoms with E-state index in [0.29, 0.717) is 0 Å². The Morgan fingerprint density at radius 2 is 1.24 bits per heavy atom. The Morgan fingerprint density at radius 3 is 1.80 bits per heavy atom. The van der Waals surface area contributed by atoms with Gasteiger partial charge >= 0.3 is 59.1 Å². The monoisotopic (exact) mass is 620 g/mol. The summed E-state index contributed by atoms with van der Waals surface area (Å²) in [6.45, 7) is 0. The molecule has 4 aromatic rings. The molecule has 0 spiro atoms. The molecule has 0 aromatic heterocycles. The molecule has 0 bridgehead atoms. The molecule has 0 saturated heterocycles. The minimum absolute atomic E-state index is 0. The molecule has 0 atom stereocenters. The number of non-ortho nitro benzene ring substituents is 1. The maximum atomic E-state index is 12.1. The summed E-state index contributed by atoms with van der Waals surface area (Å²) in [7, 11) is -10.1. The molecule has 0 amide bonds. The van der Waals surface area contributed by atoms with Crippen molar-refractivity contribution >= 4 is 124 Å². The van der Waals surface area contributed by atoms with Gasteiger partial charge in [-0.05, 0) is 35.7 Å². The van der Waals surface area contributed by atoms with Crippen molar-refractivity contribution in [2.45, 2.75) is 9.79 Å². The molecular weight excluding hydrogens is 602 g/mol. The van der Waals surface area contributed by atoms with Crippen molar-refractivity contribution in [1.29, 1.82) is 0 Å². The number of nitrogens with two attached hydrogens (primary N) is 1. The molecule has 204 valence electrons. The molecule has 0 aliphatic rings. The van der Waals surface area contributed by atoms with Crippen LogP contribution in [-0.4, -0.2) is 95.1 Å². The topological polar surface area (TPSA) is 248 Å². The predicted molar refractivity (Wildman–Crippen MR) is 152 cm³/mol. The average Bonchev–Trinajstić information content (AvgIpc) is 2.86. The summed E-state index contributed by atoms with van der Waals surface area (Å²) >= 11 is 0. The van der Waals surface area contributed by atoms with Gasteiger partial charge < -0.3 is 10.8 Å². The van der Waals surface area contributed by atoms with E-state index in [1.807, 2.05) is 0 Å². The average molecular weight is 621 g/mol. The first kappa shape index (κ1) is 34.4. The van der Waals surface area contributed by atoms with Crippen molar-refractivity contribution in [3.05, 3.63) is 76.8 Å². The quantitative estimate of drug-likeness (QED) is 0.0576. The van der Waals surface area contributed by atoms with E-state index in [4.69, 9.17) is 5.73 Å². The van der Waals surface area contributed by atoms with Gasteiger partial charge in [0, 0.05) is 12.1 Å². The van der Waals surface area contributed by atoms with Gasteiger partial charge in [0.2, 0.25) is 0 Å². The van der Waals surface area contributed by atoms with Crippen LogP contribution in [0.1, 0.15) is 0 Å². The van der Waals surface area contributed by atoms with Crippen LogP contribution in [0.15, 0.2) is 97.0 Å². The minimum atomic E-state index is -5.07. The van der Waals surface area contributed by atoms with Crippen molar-refractivity contribution in [1.82, 2.24) is 0 Å². The maximum absolute atomic E-state index is 12.1. The number of nitro benzene ring substituents is 1. The van der Waals surface area contributed by atoms with Crippen molar-refractivity contribution < 1.29 is 36.0 Å². The molecule has 4 rings (SSSR count). The first-order valence-electron chi connectivity index (χ1n) is 10.5. The van der Waals surface area contributed by atoms with Gasteiger partial charge in [-0.25, -0.2) is 0 Å². The van der Waals surface area contributed by atoms with Crippen LogP contribution in [0.4, 0.5) is 34.1 Å². The number of rotatable bonds is 7. The molecule has 19 heteroatoms. The third-order valence-electron chi connectivity index (χ3n) is 5.20. The Morgan fingerprint density at radius 1 is 0.732 bits per heavy atom. The van der Waals surface area contributed by atoms with Crippen LogP contribution >= 0.6 is 0 Å². The van der Waals surface area contributed by atoms with Gasteiger partial charge in [-0.3, -0.25) is 19.2 Å². The molecule has 0 unspecified atom stereocenters. The molecule has 0 aliphatic heterocycles. The second-order valence-corrected chi connectivity index (χ2v) is 10.5. The zero-order chi connectivity index (χ0) is 28.5. The normalized spacial score (nSPS) is 11.9. The van der Waals surface area contributed by atoms with E-state index >= 15 is 0 Å². The summed E-state index contributed by atoms with van der Waals surface area (Å²) in [5, 5.41) is 36.4. The number of aromatic hydroxyl groups is 1. The van der Waals surface area contributed by atoms with E-state index in [1.54, 1.807) is 18.2 Å². The third kappa shape index (κ3) is 7.72. The van der Waals surface area contributed by atoms with Gasteiger partial charge in [0.15, 0.2) is 5.75 Å². The molecule has 0 radical (unpaired) electrons. The summed E-state index contributed by atoms with van der Waals surface area (Å²) in [5.41, 5.74) is 4.00. The Labute approximate surface area is 276 Å². The summed E-state index contributed by atoms with van der Waals surface area (Å²) in [6, 6.07) is 14.3. The third-order valence-corrected chi connectivity index (χ3v) is 6.93. The standard InChI is InChI=1S/C22H16N6O9S2.2Na.2H/c23-19-18-12(10-17(39(35,36)37)21(22(18)29)27-24-13-5-2-1-3-6-13)9-16(38(32,33)34)20(19)26-25-14-7-4-8-15(11-14)28(30)31;;;;/h1-11,29H,23H2,(H,32,33,34)(H,35,36,37);;;;/b26-25+,27-24+;;;;. The predicted octanol–water partition coefficient (Wildman–Crippen LogP) is 4.06. The van der Waals surface area contributed by atoms with Gasteiger partial charge in [0.1, 0.15) is 21.2 Å². The number of hydrogen-bond donors (Lipinski definition) is 4. The van der Waals surface area contributed by atoms with Crippen LogP contribution in [0, 0.1) is 10.1 Å². The molecule has 4 aromatic carbocycles. The zero-order valence-electron chi connectivity index (χ0n) is 19.3. The van der Waals surface area contributed by atoms with E-state index < -0.39 is 57.8 Å². The number of nitro groups is 1. The van der Waals surface area contributed by atoms with Crippen molar-refractivity contribution in [2.75, 3.05) is 5.73 Å². The summed E-state index contributed by atoms with van der Waals surface area (Å²) in [4.78, 5) is 8.47. The zero-order valence-corrected chi connectivity index (χ0v) is 20.9. The van der Waals surface area contributed by atoms with Gasteiger partial charge in [0.05, 0.1) is 27.4 Å². The van der Waals surface area contributed by atoms with E-state index in [-0.39, 0.29) is 86.9 Å². The molecule has 0 fully saturated rings. The number of phenolic OH excluding ortho intramolecular Hbond substituents is 1. The van der Waals surface area contributed by atoms with Crippen LogP contribution < -0.4 is 5.73 Å². The Balaban J connectivity index is 0.00000294. The first-order chi connectivity index (χ1) is 18.3. The Hall–Kier alpha value is -2.84. The Kier molecular flexibility index (Phi) is 11.3. The van der Waals surface area contributed by atoms with Crippen LogP contribution in [0.5, 0.6) is 5.75 Å². The number of azo groups is 2. The molecular formula is C22H18N6Na2O9S2. The van der Waals surface area contributed by atoms with Gasteiger partial charge in [-0.15, -0.1) is 10.2 Å². The van der Waals surface area contributed by atoms with Gasteiger partial charge in [-0.1, -0.05) is 24.3 Å². The second kappa shape index (κ2) is 13.4. The summed E-state index contributed by atoms with van der Waals surface area (Å²) in [5.74, 6) is -0.911. The number of benzene rings is 4. The van der Waals surface area contributed by atoms with Crippen molar-refractivity contribution in [3.8, 4) is 5.75 Å². The number of hydrogen-bond acceptors (Lipinski definition) is 12. The summed E-state index contributed by atoms with van der Waals surface area (Å²) in [6.07, 6.45) is 0. The summed E-state index contributed by atoms with van der Waals surface area (Å²) < 4.78 is 68.0. The van der Waals surface area contributed by atoms with E-state index in [2.05, 4.69) is 20.5 Å². The number of fused-ring (bicyclic) bond motifs is 1. The molecule has 0 heterocycles. The fraction of sp³-hybridized carbons (Fsp3) is 0. The number of anilines is 1. The van der Waals surface area contributed by atoms with Crippen LogP contribution in [0.25, 0.3) is 10.8 Å². The Bertz CT molecular complexity index is 1920. The fourth-order valence-electron chi connectivity index (χ4n) is 3.48. The van der Waals surface area contributed by atoms with E-state index in [1.165, 1.54) is 30.3 Å². The molecule has 0 saturated carbocycles. The van der Waals surface area contributed by atoms with Crippen LogP contribution in [0.2, 0.25) is 0 Å². The van der Waals surface area contributed by atoms with Gasteiger partial charge in [-0.2, -0.15) is 27.1 Å². The first-order valence-corrected chi connectivity index (χ1v) is 13.4. The fourth-order valence-corrected chi connectivity index (χ4v) is 4.81. The van der Waals surface area contributed by atoms with Crippen LogP contribution in [0.3, 0.4) is 0 Å². The number of nitrogen functional groups attached to an aromatic ring is 1. The van der Waals surface area contributed by atoms with Crippen molar-refractivity contribution in [2.24, 2.45) is 20.5 Å². The molecule has 15 nitrogen and oxygen atoms in total. The van der Waals surface area contributed by atoms with Crippen molar-refractivity contribution in [3.63, 3.8) is 0 Å². The van der Waals surface area contributed by atoms with Crippen LogP contribution in [-0.2, 0) is 20.2 Å².